The molecule has 3 atom stereocenters. The summed E-state index contributed by atoms with van der Waals surface area (Å²) in [4.78, 5) is 26.5. The van der Waals surface area contributed by atoms with Crippen molar-refractivity contribution in [3.05, 3.63) is 65.5 Å². The second-order valence-electron chi connectivity index (χ2n) is 14.1. The molecule has 0 bridgehead atoms. The number of hydrogen-bond acceptors (Lipinski definition) is 10. The molecule has 1 unspecified atom stereocenters. The number of ether oxygens (including phenoxy) is 3. The zero-order chi connectivity index (χ0) is 36.0. The van der Waals surface area contributed by atoms with Gasteiger partial charge in [0.15, 0.2) is 5.65 Å². The highest BCUT2D eigenvalue weighted by molar-refractivity contribution is 5.88. The second-order valence-corrected chi connectivity index (χ2v) is 14.1. The van der Waals surface area contributed by atoms with E-state index in [0.29, 0.717) is 25.6 Å². The molecule has 0 radical (unpaired) electrons. The van der Waals surface area contributed by atoms with Gasteiger partial charge in [-0.25, -0.2) is 9.48 Å². The van der Waals surface area contributed by atoms with Crippen molar-refractivity contribution in [1.82, 2.24) is 34.6 Å². The molecule has 2 saturated heterocycles. The summed E-state index contributed by atoms with van der Waals surface area (Å²) < 4.78 is 21.7. The fourth-order valence-corrected chi connectivity index (χ4v) is 6.76. The van der Waals surface area contributed by atoms with E-state index < -0.39 is 0 Å². The number of carbonyl (C=O) groups excluding carboxylic acids is 1. The van der Waals surface area contributed by atoms with Crippen molar-refractivity contribution in [3.8, 4) is 5.75 Å². The molecule has 0 spiro atoms. The number of anilines is 2. The molecule has 7 rings (SSSR count). The average molecular weight is 704 g/mol. The zero-order valence-corrected chi connectivity index (χ0v) is 29.8. The fraction of sp³-hybridized carbons (Fsp3) is 0.528. The Kier molecular flexibility index (Phi) is 11.4. The van der Waals surface area contributed by atoms with E-state index in [0.717, 1.165) is 86.4 Å². The number of nitrogens with one attached hydrogen (secondary N) is 2. The molecule has 51 heavy (non-hydrogen) atoms. The number of benzene rings is 1. The summed E-state index contributed by atoms with van der Waals surface area (Å²) in [5.41, 5.74) is 3.71. The van der Waals surface area contributed by atoms with Gasteiger partial charge in [-0.05, 0) is 43.0 Å². The smallest absolute Gasteiger partial charge is 0.320 e. The van der Waals surface area contributed by atoms with Crippen LogP contribution in [0.2, 0.25) is 0 Å². The normalized spacial score (nSPS) is 20.9. The first kappa shape index (κ1) is 36.1. The van der Waals surface area contributed by atoms with Crippen LogP contribution in [0.1, 0.15) is 69.5 Å². The van der Waals surface area contributed by atoms with Crippen molar-refractivity contribution in [3.63, 3.8) is 0 Å². The Hall–Kier alpha value is -4.73. The monoisotopic (exact) mass is 703 g/mol. The molecule has 3 aliphatic rings. The van der Waals surface area contributed by atoms with Crippen molar-refractivity contribution < 1.29 is 28.9 Å². The van der Waals surface area contributed by atoms with E-state index in [1.165, 1.54) is 0 Å². The molecular formula is C36H49N9O6. The summed E-state index contributed by atoms with van der Waals surface area (Å²) in [6, 6.07) is 13.9. The average Bonchev–Trinajstić information content (AvgIpc) is 3.73. The molecule has 2 amide bonds. The van der Waals surface area contributed by atoms with E-state index in [-0.39, 0.29) is 36.1 Å². The Balaban J connectivity index is 0.00000144. The maximum Gasteiger partial charge on any atom is 0.320 e. The molecule has 3 N–H and O–H groups in total. The summed E-state index contributed by atoms with van der Waals surface area (Å²) in [7, 11) is 0. The number of nitrogens with zero attached hydrogens (tertiary/aromatic N) is 7. The zero-order valence-electron chi connectivity index (χ0n) is 29.8. The van der Waals surface area contributed by atoms with Gasteiger partial charge < -0.3 is 29.5 Å². The minimum absolute atomic E-state index is 0.143. The molecule has 2 fully saturated rings. The van der Waals surface area contributed by atoms with Crippen LogP contribution in [0.15, 0.2) is 48.7 Å². The van der Waals surface area contributed by atoms with Gasteiger partial charge >= 0.3 is 6.03 Å². The molecule has 0 saturated carbocycles. The van der Waals surface area contributed by atoms with Crippen molar-refractivity contribution >= 4 is 29.9 Å². The number of amides is 2. The van der Waals surface area contributed by atoms with Crippen LogP contribution in [0.4, 0.5) is 16.6 Å². The largest absolute Gasteiger partial charge is 0.484 e. The Labute approximate surface area is 297 Å². The minimum atomic E-state index is -0.250. The van der Waals surface area contributed by atoms with E-state index in [4.69, 9.17) is 29.2 Å². The van der Waals surface area contributed by atoms with Gasteiger partial charge in [-0.1, -0.05) is 45.0 Å². The first-order chi connectivity index (χ1) is 24.6. The molecule has 15 nitrogen and oxygen atoms in total. The maximum atomic E-state index is 13.5. The topological polar surface area (TPSA) is 161 Å². The van der Waals surface area contributed by atoms with Crippen LogP contribution in [-0.2, 0) is 26.2 Å². The van der Waals surface area contributed by atoms with Crippen molar-refractivity contribution in [2.45, 2.75) is 70.7 Å². The third-order valence-electron chi connectivity index (χ3n) is 9.52. The summed E-state index contributed by atoms with van der Waals surface area (Å²) in [5.74, 6) is 2.24. The van der Waals surface area contributed by atoms with Crippen LogP contribution >= 0.6 is 0 Å². The van der Waals surface area contributed by atoms with E-state index in [1.807, 2.05) is 45.6 Å². The number of pyridine rings is 1. The van der Waals surface area contributed by atoms with Crippen LogP contribution in [0.5, 0.6) is 5.75 Å². The molecule has 1 aliphatic carbocycles. The summed E-state index contributed by atoms with van der Waals surface area (Å²) in [6.45, 7) is 15.2. The molecule has 2 aliphatic heterocycles. The third-order valence-corrected chi connectivity index (χ3v) is 9.52. The Morgan fingerprint density at radius 3 is 2.51 bits per heavy atom. The molecule has 3 aromatic heterocycles. The van der Waals surface area contributed by atoms with Gasteiger partial charge in [-0.15, -0.1) is 10.2 Å². The van der Waals surface area contributed by atoms with Crippen molar-refractivity contribution in [2.24, 2.45) is 0 Å². The number of fused-ring (bicyclic) bond motifs is 2. The number of carboxylic acid groups (broad SMARTS) is 1. The van der Waals surface area contributed by atoms with E-state index in [2.05, 4.69) is 70.5 Å². The minimum Gasteiger partial charge on any atom is -0.484 e. The SMILES string of the molecule is CC1COCCN1c1nnc2ccc(O[C@@H]3CC[C@H](NC(=O)Nc4cc(C(C)(C)C)nn4CCN4CCOCC4)c4ccccc43)cn12.O=CO. The van der Waals surface area contributed by atoms with Gasteiger partial charge in [0.2, 0.25) is 5.95 Å². The highest BCUT2D eigenvalue weighted by Crippen LogP contribution is 2.39. The molecule has 4 aromatic rings. The number of aromatic nitrogens is 5. The summed E-state index contributed by atoms with van der Waals surface area (Å²) in [5, 5.41) is 27.0. The second kappa shape index (κ2) is 16.1. The lowest BCUT2D eigenvalue weighted by Crippen LogP contribution is -2.44. The first-order valence-electron chi connectivity index (χ1n) is 17.6. The van der Waals surface area contributed by atoms with Gasteiger partial charge in [0.05, 0.1) is 56.9 Å². The standard InChI is InChI=1S/C35H47N9O4.CH2O2/c1-24-23-47-20-17-42(24)34-39-38-31-12-9-25(22-43(31)34)48-29-11-10-28(26-7-5-6-8-27(26)29)36-33(45)37-32-21-30(35(2,3)4)40-44(32)14-13-41-15-18-46-19-16-41;2-1-3/h5-9,12,21-22,24,28-29H,10-11,13-20,23H2,1-4H3,(H2,36,37,45);1H,(H,2,3)/t24?,28-,29+;/m0./s1. The number of carbonyl (C=O) groups is 2. The van der Waals surface area contributed by atoms with Gasteiger partial charge in [0.1, 0.15) is 17.7 Å². The van der Waals surface area contributed by atoms with Crippen LogP contribution < -0.4 is 20.3 Å². The van der Waals surface area contributed by atoms with Crippen molar-refractivity contribution in [2.75, 3.05) is 62.8 Å². The Morgan fingerprint density at radius 2 is 1.76 bits per heavy atom. The van der Waals surface area contributed by atoms with Gasteiger partial charge in [0, 0.05) is 37.7 Å². The van der Waals surface area contributed by atoms with Crippen LogP contribution in [0, 0.1) is 0 Å². The predicted octanol–water partition coefficient (Wildman–Crippen LogP) is 4.26. The van der Waals surface area contributed by atoms with E-state index in [1.54, 1.807) is 0 Å². The highest BCUT2D eigenvalue weighted by Gasteiger charge is 2.31. The number of morpholine rings is 2. The lowest BCUT2D eigenvalue weighted by Gasteiger charge is -2.33. The molecule has 1 aromatic carbocycles. The van der Waals surface area contributed by atoms with Crippen LogP contribution in [0.25, 0.3) is 5.65 Å². The summed E-state index contributed by atoms with van der Waals surface area (Å²) >= 11 is 0. The number of hydrogen-bond donors (Lipinski definition) is 3. The Bertz CT molecular complexity index is 1780. The van der Waals surface area contributed by atoms with Crippen molar-refractivity contribution in [1.29, 1.82) is 0 Å². The lowest BCUT2D eigenvalue weighted by molar-refractivity contribution is -0.122. The summed E-state index contributed by atoms with van der Waals surface area (Å²) in [6.07, 6.45) is 3.31. The molecule has 15 heteroatoms. The fourth-order valence-electron chi connectivity index (χ4n) is 6.76. The highest BCUT2D eigenvalue weighted by atomic mass is 16.5. The number of urea groups is 1. The van der Waals surface area contributed by atoms with E-state index in [9.17, 15) is 4.79 Å². The van der Waals surface area contributed by atoms with Crippen LogP contribution in [0.3, 0.4) is 0 Å². The molecule has 5 heterocycles. The Morgan fingerprint density at radius 1 is 1.02 bits per heavy atom. The van der Waals surface area contributed by atoms with Gasteiger partial charge in [-0.2, -0.15) is 5.10 Å². The first-order valence-corrected chi connectivity index (χ1v) is 17.6. The van der Waals surface area contributed by atoms with Gasteiger partial charge in [0.25, 0.3) is 6.47 Å². The van der Waals surface area contributed by atoms with E-state index >= 15 is 0 Å². The quantitative estimate of drug-likeness (QED) is 0.225. The maximum absolute atomic E-state index is 13.5. The predicted molar refractivity (Wildman–Crippen MR) is 191 cm³/mol. The van der Waals surface area contributed by atoms with Gasteiger partial charge in [-0.3, -0.25) is 19.4 Å². The molecular weight excluding hydrogens is 654 g/mol. The third kappa shape index (κ3) is 8.60. The number of rotatable bonds is 8. The van der Waals surface area contributed by atoms with Crippen LogP contribution in [-0.4, -0.2) is 106 Å². The lowest BCUT2D eigenvalue weighted by atomic mass is 9.85. The molecule has 274 valence electrons.